The SMILES string of the molecule is CC(=O)C(C)=NOC(=O)C1CCCCC1. The van der Waals surface area contributed by atoms with E-state index in [1.165, 1.54) is 20.3 Å². The highest BCUT2D eigenvalue weighted by Gasteiger charge is 2.22. The van der Waals surface area contributed by atoms with Gasteiger partial charge in [0, 0.05) is 6.92 Å². The Hall–Kier alpha value is -1.19. The molecule has 1 aliphatic rings. The van der Waals surface area contributed by atoms with Crippen LogP contribution in [0.25, 0.3) is 0 Å². The average molecular weight is 211 g/mol. The number of hydrogen-bond donors (Lipinski definition) is 0. The lowest BCUT2D eigenvalue weighted by Gasteiger charge is -2.17. The summed E-state index contributed by atoms with van der Waals surface area (Å²) in [5, 5.41) is 3.52. The normalized spacial score (nSPS) is 18.7. The number of oxime groups is 1. The topological polar surface area (TPSA) is 55.7 Å². The molecule has 0 amide bonds. The number of hydrogen-bond acceptors (Lipinski definition) is 4. The molecule has 0 radical (unpaired) electrons. The van der Waals surface area contributed by atoms with Crippen LogP contribution in [0, 0.1) is 5.92 Å². The van der Waals surface area contributed by atoms with E-state index in [0.717, 1.165) is 25.7 Å². The molecule has 1 aliphatic carbocycles. The molecule has 0 saturated heterocycles. The molecule has 0 N–H and O–H groups in total. The van der Waals surface area contributed by atoms with Crippen molar-refractivity contribution in [2.24, 2.45) is 11.1 Å². The minimum absolute atomic E-state index is 0.0257. The van der Waals surface area contributed by atoms with Gasteiger partial charge in [-0.1, -0.05) is 24.4 Å². The minimum atomic E-state index is -0.296. The van der Waals surface area contributed by atoms with Crippen molar-refractivity contribution >= 4 is 17.5 Å². The molecule has 0 bridgehead atoms. The summed E-state index contributed by atoms with van der Waals surface area (Å²) >= 11 is 0. The first-order chi connectivity index (χ1) is 7.11. The predicted molar refractivity (Wildman–Crippen MR) is 56.5 cm³/mol. The first-order valence-electron chi connectivity index (χ1n) is 5.37. The monoisotopic (exact) mass is 211 g/mol. The van der Waals surface area contributed by atoms with Gasteiger partial charge in [-0.25, -0.2) is 4.79 Å². The van der Waals surface area contributed by atoms with Crippen LogP contribution in [0.15, 0.2) is 5.16 Å². The summed E-state index contributed by atoms with van der Waals surface area (Å²) in [5.74, 6) is -0.496. The third-order valence-corrected chi connectivity index (χ3v) is 2.72. The smallest absolute Gasteiger partial charge is 0.318 e. The molecule has 1 fully saturated rings. The maximum Gasteiger partial charge on any atom is 0.338 e. The van der Waals surface area contributed by atoms with Gasteiger partial charge in [-0.2, -0.15) is 0 Å². The largest absolute Gasteiger partial charge is 0.338 e. The summed E-state index contributed by atoms with van der Waals surface area (Å²) in [6.45, 7) is 2.93. The Morgan fingerprint density at radius 1 is 1.13 bits per heavy atom. The van der Waals surface area contributed by atoms with Crippen LogP contribution in [0.1, 0.15) is 46.0 Å². The second kappa shape index (κ2) is 5.63. The van der Waals surface area contributed by atoms with E-state index in [1.807, 2.05) is 0 Å². The average Bonchev–Trinajstić information content (AvgIpc) is 2.26. The molecule has 0 aromatic rings. The number of nitrogens with zero attached hydrogens (tertiary/aromatic N) is 1. The molecule has 4 heteroatoms. The molecule has 1 saturated carbocycles. The highest BCUT2D eigenvalue weighted by atomic mass is 16.7. The van der Waals surface area contributed by atoms with E-state index in [2.05, 4.69) is 5.16 Å². The Bertz CT molecular complexity index is 278. The highest BCUT2D eigenvalue weighted by molar-refractivity contribution is 6.37. The number of Topliss-reactive ketones (excluding diaryl/α,β-unsaturated/α-hetero) is 1. The van der Waals surface area contributed by atoms with Crippen molar-refractivity contribution < 1.29 is 14.4 Å². The molecular formula is C11H17NO3. The predicted octanol–water partition coefficient (Wildman–Crippen LogP) is 2.07. The van der Waals surface area contributed by atoms with Gasteiger partial charge in [0.05, 0.1) is 5.92 Å². The fraction of sp³-hybridized carbons (Fsp3) is 0.727. The Kier molecular flexibility index (Phi) is 4.46. The Morgan fingerprint density at radius 2 is 1.73 bits per heavy atom. The molecule has 0 atom stereocenters. The number of carbonyl (C=O) groups is 2. The van der Waals surface area contributed by atoms with Crippen LogP contribution in [0.5, 0.6) is 0 Å². The maximum absolute atomic E-state index is 11.5. The summed E-state index contributed by atoms with van der Waals surface area (Å²) in [6, 6.07) is 0. The zero-order valence-electron chi connectivity index (χ0n) is 9.28. The molecular weight excluding hydrogens is 194 g/mol. The van der Waals surface area contributed by atoms with Gasteiger partial charge in [-0.3, -0.25) is 4.79 Å². The van der Waals surface area contributed by atoms with Gasteiger partial charge in [0.15, 0.2) is 5.78 Å². The van der Waals surface area contributed by atoms with Gasteiger partial charge < -0.3 is 4.84 Å². The van der Waals surface area contributed by atoms with Gasteiger partial charge in [-0.05, 0) is 19.8 Å². The molecule has 0 heterocycles. The van der Waals surface area contributed by atoms with E-state index in [0.29, 0.717) is 0 Å². The van der Waals surface area contributed by atoms with Gasteiger partial charge in [0.1, 0.15) is 5.71 Å². The summed E-state index contributed by atoms with van der Waals surface area (Å²) in [7, 11) is 0. The summed E-state index contributed by atoms with van der Waals surface area (Å²) < 4.78 is 0. The van der Waals surface area contributed by atoms with E-state index in [1.54, 1.807) is 0 Å². The Balaban J connectivity index is 2.41. The molecule has 0 aromatic carbocycles. The van der Waals surface area contributed by atoms with Gasteiger partial charge in [-0.15, -0.1) is 0 Å². The number of rotatable bonds is 3. The lowest BCUT2D eigenvalue weighted by molar-refractivity contribution is -0.149. The lowest BCUT2D eigenvalue weighted by atomic mass is 9.89. The quantitative estimate of drug-likeness (QED) is 0.408. The van der Waals surface area contributed by atoms with Crippen LogP contribution < -0.4 is 0 Å². The highest BCUT2D eigenvalue weighted by Crippen LogP contribution is 2.24. The van der Waals surface area contributed by atoms with E-state index in [-0.39, 0.29) is 23.4 Å². The molecule has 0 unspecified atom stereocenters. The zero-order valence-corrected chi connectivity index (χ0v) is 9.28. The van der Waals surface area contributed by atoms with E-state index < -0.39 is 0 Å². The van der Waals surface area contributed by atoms with Gasteiger partial charge >= 0.3 is 5.97 Å². The molecule has 1 rings (SSSR count). The van der Waals surface area contributed by atoms with E-state index in [9.17, 15) is 9.59 Å². The summed E-state index contributed by atoms with van der Waals surface area (Å²) in [6.07, 6.45) is 5.12. The Morgan fingerprint density at radius 3 is 2.27 bits per heavy atom. The first kappa shape index (κ1) is 11.9. The van der Waals surface area contributed by atoms with Crippen LogP contribution in [0.3, 0.4) is 0 Å². The second-order valence-electron chi connectivity index (χ2n) is 3.98. The minimum Gasteiger partial charge on any atom is -0.318 e. The summed E-state index contributed by atoms with van der Waals surface area (Å²) in [4.78, 5) is 27.0. The van der Waals surface area contributed by atoms with Crippen LogP contribution in [-0.2, 0) is 14.4 Å². The Labute approximate surface area is 89.7 Å². The van der Waals surface area contributed by atoms with E-state index in [4.69, 9.17) is 4.84 Å². The molecule has 84 valence electrons. The van der Waals surface area contributed by atoms with Crippen LogP contribution in [0.2, 0.25) is 0 Å². The van der Waals surface area contributed by atoms with Crippen LogP contribution in [-0.4, -0.2) is 17.5 Å². The molecule has 0 aliphatic heterocycles. The third-order valence-electron chi connectivity index (χ3n) is 2.72. The fourth-order valence-electron chi connectivity index (χ4n) is 1.59. The standard InChI is InChI=1S/C11H17NO3/c1-8(9(2)13)12-15-11(14)10-6-4-3-5-7-10/h10H,3-7H2,1-2H3. The van der Waals surface area contributed by atoms with Crippen molar-refractivity contribution in [2.75, 3.05) is 0 Å². The summed E-state index contributed by atoms with van der Waals surface area (Å²) in [5.41, 5.74) is 0.235. The number of ketones is 1. The van der Waals surface area contributed by atoms with E-state index >= 15 is 0 Å². The van der Waals surface area contributed by atoms with Crippen molar-refractivity contribution in [3.8, 4) is 0 Å². The first-order valence-corrected chi connectivity index (χ1v) is 5.37. The fourth-order valence-corrected chi connectivity index (χ4v) is 1.59. The zero-order chi connectivity index (χ0) is 11.3. The maximum atomic E-state index is 11.5. The van der Waals surface area contributed by atoms with Crippen molar-refractivity contribution in [3.05, 3.63) is 0 Å². The van der Waals surface area contributed by atoms with Crippen molar-refractivity contribution in [3.63, 3.8) is 0 Å². The number of carbonyl (C=O) groups excluding carboxylic acids is 2. The second-order valence-corrected chi connectivity index (χ2v) is 3.98. The van der Waals surface area contributed by atoms with Crippen molar-refractivity contribution in [1.29, 1.82) is 0 Å². The van der Waals surface area contributed by atoms with Gasteiger partial charge in [0.25, 0.3) is 0 Å². The third kappa shape index (κ3) is 3.81. The van der Waals surface area contributed by atoms with Gasteiger partial charge in [0.2, 0.25) is 0 Å². The van der Waals surface area contributed by atoms with Crippen LogP contribution >= 0.6 is 0 Å². The molecule has 15 heavy (non-hydrogen) atoms. The molecule has 0 spiro atoms. The lowest BCUT2D eigenvalue weighted by Crippen LogP contribution is -2.19. The molecule has 4 nitrogen and oxygen atoms in total. The molecule has 0 aromatic heterocycles. The van der Waals surface area contributed by atoms with Crippen molar-refractivity contribution in [1.82, 2.24) is 0 Å². The van der Waals surface area contributed by atoms with Crippen molar-refractivity contribution in [2.45, 2.75) is 46.0 Å². The van der Waals surface area contributed by atoms with Crippen LogP contribution in [0.4, 0.5) is 0 Å².